The summed E-state index contributed by atoms with van der Waals surface area (Å²) in [6.45, 7) is 5.55. The Labute approximate surface area is 172 Å². The number of aromatic nitrogens is 1. The lowest BCUT2D eigenvalue weighted by Crippen LogP contribution is -2.27. The predicted octanol–water partition coefficient (Wildman–Crippen LogP) is 4.32. The van der Waals surface area contributed by atoms with E-state index in [-0.39, 0.29) is 17.4 Å². The Bertz CT molecular complexity index is 1150. The van der Waals surface area contributed by atoms with Crippen LogP contribution in [0.2, 0.25) is 0 Å². The van der Waals surface area contributed by atoms with Crippen molar-refractivity contribution in [2.45, 2.75) is 20.8 Å². The van der Waals surface area contributed by atoms with Crippen LogP contribution in [0.5, 0.6) is 5.75 Å². The number of anilines is 2. The summed E-state index contributed by atoms with van der Waals surface area (Å²) < 4.78 is 0. The summed E-state index contributed by atoms with van der Waals surface area (Å²) in [6.07, 6.45) is 0. The summed E-state index contributed by atoms with van der Waals surface area (Å²) in [4.78, 5) is 17.4. The van der Waals surface area contributed by atoms with Crippen LogP contribution in [0.25, 0.3) is 11.3 Å². The van der Waals surface area contributed by atoms with Crippen LogP contribution in [0.3, 0.4) is 0 Å². The van der Waals surface area contributed by atoms with Gasteiger partial charge in [-0.2, -0.15) is 15.2 Å². The zero-order valence-corrected chi connectivity index (χ0v) is 17.0. The zero-order chi connectivity index (χ0) is 20.5. The number of phenolic OH excluding ortho intramolecular Hbond substituents is 1. The van der Waals surface area contributed by atoms with Gasteiger partial charge in [-0.15, -0.1) is 11.3 Å². The number of rotatable bonds is 4. The monoisotopic (exact) mass is 405 g/mol. The number of nitrogens with zero attached hydrogens (tertiary/aromatic N) is 4. The first kappa shape index (κ1) is 18.8. The fourth-order valence-electron chi connectivity index (χ4n) is 2.82. The molecule has 0 saturated heterocycles. The fourth-order valence-corrected chi connectivity index (χ4v) is 3.60. The van der Waals surface area contributed by atoms with Crippen LogP contribution in [0.4, 0.5) is 10.8 Å². The molecule has 2 heterocycles. The van der Waals surface area contributed by atoms with E-state index in [0.29, 0.717) is 22.1 Å². The van der Waals surface area contributed by atoms with Gasteiger partial charge in [0.05, 0.1) is 17.1 Å². The van der Waals surface area contributed by atoms with Gasteiger partial charge >= 0.3 is 5.91 Å². The van der Waals surface area contributed by atoms with Crippen LogP contribution in [-0.2, 0) is 4.79 Å². The highest BCUT2D eigenvalue weighted by Crippen LogP contribution is 2.29. The first-order valence-electron chi connectivity index (χ1n) is 8.98. The largest absolute Gasteiger partial charge is 0.508 e. The molecule has 0 radical (unpaired) electrons. The van der Waals surface area contributed by atoms with Crippen molar-refractivity contribution >= 4 is 39.5 Å². The number of hydrogen-bond acceptors (Lipinski definition) is 7. The second-order valence-corrected chi connectivity index (χ2v) is 7.59. The van der Waals surface area contributed by atoms with Crippen LogP contribution in [-0.4, -0.2) is 27.4 Å². The van der Waals surface area contributed by atoms with Gasteiger partial charge in [0.25, 0.3) is 0 Å². The molecule has 7 nitrogen and oxygen atoms in total. The Balaban J connectivity index is 1.54. The van der Waals surface area contributed by atoms with Crippen LogP contribution in [0.15, 0.2) is 58.0 Å². The maximum absolute atomic E-state index is 12.8. The second kappa shape index (κ2) is 7.48. The Kier molecular flexibility index (Phi) is 4.85. The molecule has 0 spiro atoms. The third kappa shape index (κ3) is 3.74. The third-order valence-electron chi connectivity index (χ3n) is 4.50. The average Bonchev–Trinajstić information content (AvgIpc) is 3.29. The van der Waals surface area contributed by atoms with Crippen LogP contribution in [0.1, 0.15) is 18.1 Å². The molecular formula is C21H19N5O2S. The molecule has 0 saturated carbocycles. The first-order valence-corrected chi connectivity index (χ1v) is 9.86. The van der Waals surface area contributed by atoms with Gasteiger partial charge in [-0.25, -0.2) is 4.98 Å². The van der Waals surface area contributed by atoms with E-state index in [4.69, 9.17) is 0 Å². The van der Waals surface area contributed by atoms with Crippen LogP contribution >= 0.6 is 11.3 Å². The molecule has 3 aromatic rings. The highest BCUT2D eigenvalue weighted by Gasteiger charge is 2.32. The lowest BCUT2D eigenvalue weighted by atomic mass is 10.1. The van der Waals surface area contributed by atoms with Crippen molar-refractivity contribution in [3.63, 3.8) is 0 Å². The molecule has 1 amide bonds. The Hall–Kier alpha value is -3.52. The summed E-state index contributed by atoms with van der Waals surface area (Å²) in [7, 11) is 0. The van der Waals surface area contributed by atoms with Crippen molar-refractivity contribution in [3.8, 4) is 17.0 Å². The number of carbonyl (C=O) groups excluding carboxylic acids is 1. The van der Waals surface area contributed by atoms with Gasteiger partial charge in [-0.05, 0) is 44.5 Å². The molecule has 0 aliphatic carbocycles. The molecule has 8 heteroatoms. The number of aromatic hydroxyl groups is 1. The molecule has 2 N–H and O–H groups in total. The van der Waals surface area contributed by atoms with Crippen molar-refractivity contribution in [1.29, 1.82) is 0 Å². The maximum atomic E-state index is 12.8. The van der Waals surface area contributed by atoms with E-state index in [2.05, 4.69) is 20.6 Å². The van der Waals surface area contributed by atoms with Gasteiger partial charge in [0.15, 0.2) is 5.71 Å². The summed E-state index contributed by atoms with van der Waals surface area (Å²) in [5.41, 5.74) is 7.93. The lowest BCUT2D eigenvalue weighted by molar-refractivity contribution is -0.112. The fraction of sp³-hybridized carbons (Fsp3) is 0.143. The molecule has 146 valence electrons. The molecule has 0 bridgehead atoms. The maximum Gasteiger partial charge on any atom is 0.303 e. The number of thiazole rings is 1. The minimum absolute atomic E-state index is 0.206. The number of aryl methyl sites for hydroxylation is 2. The highest BCUT2D eigenvalue weighted by atomic mass is 32.1. The lowest BCUT2D eigenvalue weighted by Gasteiger charge is -2.07. The van der Waals surface area contributed by atoms with E-state index in [1.807, 2.05) is 36.6 Å². The number of benzene rings is 2. The Morgan fingerprint density at radius 2 is 1.86 bits per heavy atom. The standard InChI is InChI=1S/C21H19N5O2S/c1-12-4-6-15(7-5-12)17-11-29-21(22-17)26-20(28)19(14(3)25-26)24-23-16-8-9-18(27)13(2)10-16/h4-11,23,27H,1-3H3/b24-19-. The average molecular weight is 405 g/mol. The SMILES string of the molecule is CC1=NN(c2nc(-c3ccc(C)cc3)cs2)C(=O)/C1=N\Nc1ccc(O)c(C)c1. The predicted molar refractivity (Wildman–Crippen MR) is 117 cm³/mol. The quantitative estimate of drug-likeness (QED) is 0.500. The number of amides is 1. The Morgan fingerprint density at radius 3 is 2.59 bits per heavy atom. The smallest absolute Gasteiger partial charge is 0.303 e. The van der Waals surface area contributed by atoms with Gasteiger partial charge in [-0.3, -0.25) is 10.2 Å². The van der Waals surface area contributed by atoms with E-state index < -0.39 is 0 Å². The van der Waals surface area contributed by atoms with Gasteiger partial charge < -0.3 is 5.11 Å². The third-order valence-corrected chi connectivity index (χ3v) is 5.32. The molecule has 0 atom stereocenters. The minimum Gasteiger partial charge on any atom is -0.508 e. The van der Waals surface area contributed by atoms with E-state index in [0.717, 1.165) is 11.3 Å². The summed E-state index contributed by atoms with van der Waals surface area (Å²) in [6, 6.07) is 13.1. The number of phenols is 1. The molecule has 29 heavy (non-hydrogen) atoms. The minimum atomic E-state index is -0.338. The normalized spacial score (nSPS) is 15.1. The molecule has 1 aliphatic rings. The highest BCUT2D eigenvalue weighted by molar-refractivity contribution is 7.14. The zero-order valence-electron chi connectivity index (χ0n) is 16.2. The molecule has 4 rings (SSSR count). The van der Waals surface area contributed by atoms with E-state index in [1.165, 1.54) is 21.9 Å². The van der Waals surface area contributed by atoms with Crippen molar-refractivity contribution in [3.05, 3.63) is 59.0 Å². The number of hydrogen-bond donors (Lipinski definition) is 2. The van der Waals surface area contributed by atoms with Crippen molar-refractivity contribution in [2.24, 2.45) is 10.2 Å². The second-order valence-electron chi connectivity index (χ2n) is 6.76. The number of nitrogens with one attached hydrogen (secondary N) is 1. The molecular weight excluding hydrogens is 386 g/mol. The van der Waals surface area contributed by atoms with Gasteiger partial charge in [0, 0.05) is 10.9 Å². The Morgan fingerprint density at radius 1 is 1.10 bits per heavy atom. The molecule has 1 aromatic heterocycles. The van der Waals surface area contributed by atoms with Crippen LogP contribution in [0, 0.1) is 13.8 Å². The van der Waals surface area contributed by atoms with Crippen molar-refractivity contribution in [2.75, 3.05) is 10.4 Å². The summed E-state index contributed by atoms with van der Waals surface area (Å²) >= 11 is 1.36. The van der Waals surface area contributed by atoms with E-state index >= 15 is 0 Å². The number of hydrazone groups is 2. The van der Waals surface area contributed by atoms with Crippen molar-refractivity contribution in [1.82, 2.24) is 4.98 Å². The van der Waals surface area contributed by atoms with E-state index in [1.54, 1.807) is 32.0 Å². The van der Waals surface area contributed by atoms with Gasteiger partial charge in [0.1, 0.15) is 5.75 Å². The van der Waals surface area contributed by atoms with Gasteiger partial charge in [-0.1, -0.05) is 29.8 Å². The molecule has 1 aliphatic heterocycles. The topological polar surface area (TPSA) is 90.2 Å². The van der Waals surface area contributed by atoms with E-state index in [9.17, 15) is 9.90 Å². The summed E-state index contributed by atoms with van der Waals surface area (Å²) in [5, 5.41) is 21.8. The van der Waals surface area contributed by atoms with Gasteiger partial charge in [0.2, 0.25) is 5.13 Å². The summed E-state index contributed by atoms with van der Waals surface area (Å²) in [5.74, 6) is -0.132. The first-order chi connectivity index (χ1) is 13.9. The van der Waals surface area contributed by atoms with Crippen LogP contribution < -0.4 is 10.4 Å². The van der Waals surface area contributed by atoms with Crippen molar-refractivity contribution < 1.29 is 9.90 Å². The molecule has 2 aromatic carbocycles. The number of carbonyl (C=O) groups is 1. The molecule has 0 unspecified atom stereocenters. The molecule has 0 fully saturated rings.